The predicted octanol–water partition coefficient (Wildman–Crippen LogP) is 4.52. The number of hydrogen-bond acceptors (Lipinski definition) is 6. The van der Waals surface area contributed by atoms with Crippen molar-refractivity contribution in [2.75, 3.05) is 7.11 Å². The fraction of sp³-hybridized carbons (Fsp3) is 0.261. The van der Waals surface area contributed by atoms with Crippen molar-refractivity contribution in [2.45, 2.75) is 25.8 Å². The highest BCUT2D eigenvalue weighted by molar-refractivity contribution is 6.32. The molecule has 0 saturated heterocycles. The van der Waals surface area contributed by atoms with Gasteiger partial charge in [-0.2, -0.15) is 13.2 Å². The van der Waals surface area contributed by atoms with E-state index in [9.17, 15) is 31.9 Å². The molecule has 0 saturated carbocycles. The van der Waals surface area contributed by atoms with Crippen LogP contribution < -0.4 is 20.7 Å². The summed E-state index contributed by atoms with van der Waals surface area (Å²) in [6, 6.07) is 6.27. The lowest BCUT2D eigenvalue weighted by atomic mass is 10.2. The van der Waals surface area contributed by atoms with Crippen molar-refractivity contribution in [3.05, 3.63) is 84.4 Å². The van der Waals surface area contributed by atoms with E-state index >= 15 is 0 Å². The number of carbonyl (C=O) groups is 1. The number of carbonyl (C=O) groups excluding carboxylic acids is 1. The van der Waals surface area contributed by atoms with Crippen LogP contribution in [0.4, 0.5) is 17.6 Å². The Hall–Kier alpha value is -3.51. The van der Waals surface area contributed by atoms with E-state index in [1.165, 1.54) is 32.2 Å². The third-order valence-electron chi connectivity index (χ3n) is 5.10. The molecular formula is C23H18Cl2F4N2O6. The summed E-state index contributed by atoms with van der Waals surface area (Å²) in [6.07, 6.45) is -5.90. The van der Waals surface area contributed by atoms with Gasteiger partial charge < -0.3 is 14.2 Å². The zero-order valence-electron chi connectivity index (χ0n) is 19.4. The Morgan fingerprint density at radius 1 is 1.08 bits per heavy atom. The molecule has 0 amide bonds. The summed E-state index contributed by atoms with van der Waals surface area (Å²) in [5.41, 5.74) is -4.65. The van der Waals surface area contributed by atoms with Gasteiger partial charge in [-0.15, -0.1) is 0 Å². The van der Waals surface area contributed by atoms with E-state index in [4.69, 9.17) is 32.7 Å². The highest BCUT2D eigenvalue weighted by Gasteiger charge is 2.35. The third-order valence-corrected chi connectivity index (χ3v) is 5.76. The van der Waals surface area contributed by atoms with Crippen LogP contribution in [-0.2, 0) is 29.4 Å². The fourth-order valence-electron chi connectivity index (χ4n) is 3.23. The standard InChI is InChI=1S/C23H18Cl2F4N2O6/c1-11(21(33)35-3)37-13-4-5-14(24)12(6-13)10-36-18-8-17(16(26)7-15(18)25)31-20(32)9-19(23(27,28)29)30(2)22(31)34/h4-9,11H,10H2,1-3H3. The number of esters is 1. The molecule has 8 nitrogen and oxygen atoms in total. The number of methoxy groups -OCH3 is 1. The van der Waals surface area contributed by atoms with Gasteiger partial charge in [-0.3, -0.25) is 9.36 Å². The molecule has 0 aliphatic rings. The van der Waals surface area contributed by atoms with Crippen LogP contribution in [0, 0.1) is 5.82 Å². The van der Waals surface area contributed by atoms with Gasteiger partial charge in [0.15, 0.2) is 6.10 Å². The Morgan fingerprint density at radius 3 is 2.38 bits per heavy atom. The van der Waals surface area contributed by atoms with Crippen molar-refractivity contribution in [3.8, 4) is 17.2 Å². The van der Waals surface area contributed by atoms with Gasteiger partial charge in [-0.1, -0.05) is 23.2 Å². The Kier molecular flexibility index (Phi) is 8.23. The van der Waals surface area contributed by atoms with Crippen molar-refractivity contribution < 1.29 is 36.6 Å². The molecule has 14 heteroatoms. The molecule has 2 aromatic carbocycles. The first kappa shape index (κ1) is 28.1. The van der Waals surface area contributed by atoms with Crippen LogP contribution in [-0.4, -0.2) is 28.3 Å². The van der Waals surface area contributed by atoms with Crippen LogP contribution >= 0.6 is 23.2 Å². The van der Waals surface area contributed by atoms with E-state index in [1.807, 2.05) is 0 Å². The Labute approximate surface area is 216 Å². The molecule has 0 aliphatic heterocycles. The minimum atomic E-state index is -4.98. The van der Waals surface area contributed by atoms with Gasteiger partial charge in [0, 0.05) is 29.8 Å². The molecule has 1 aromatic heterocycles. The van der Waals surface area contributed by atoms with Crippen LogP contribution in [0.1, 0.15) is 18.2 Å². The van der Waals surface area contributed by atoms with Crippen molar-refractivity contribution in [3.63, 3.8) is 0 Å². The van der Waals surface area contributed by atoms with Gasteiger partial charge in [0.1, 0.15) is 29.6 Å². The quantitative estimate of drug-likeness (QED) is 0.309. The van der Waals surface area contributed by atoms with Crippen LogP contribution in [0.5, 0.6) is 11.5 Å². The molecule has 0 bridgehead atoms. The second-order valence-electron chi connectivity index (χ2n) is 7.60. The lowest BCUT2D eigenvalue weighted by molar-refractivity contribution is -0.148. The molecule has 37 heavy (non-hydrogen) atoms. The minimum absolute atomic E-state index is 0.177. The summed E-state index contributed by atoms with van der Waals surface area (Å²) in [5.74, 6) is -1.70. The van der Waals surface area contributed by atoms with Crippen LogP contribution in [0.3, 0.4) is 0 Å². The summed E-state index contributed by atoms with van der Waals surface area (Å²) in [4.78, 5) is 36.5. The maximum Gasteiger partial charge on any atom is 0.431 e. The Bertz CT molecular complexity index is 1470. The molecular weight excluding hydrogens is 547 g/mol. The number of aromatic nitrogens is 2. The number of benzene rings is 2. The molecule has 198 valence electrons. The Balaban J connectivity index is 1.96. The zero-order chi connectivity index (χ0) is 27.7. The first-order valence-corrected chi connectivity index (χ1v) is 11.1. The van der Waals surface area contributed by atoms with Crippen molar-refractivity contribution in [2.24, 2.45) is 7.05 Å². The summed E-state index contributed by atoms with van der Waals surface area (Å²) >= 11 is 12.2. The topological polar surface area (TPSA) is 88.8 Å². The summed E-state index contributed by atoms with van der Waals surface area (Å²) in [5, 5.41) is -0.00904. The smallest absolute Gasteiger partial charge is 0.431 e. The van der Waals surface area contributed by atoms with E-state index < -0.39 is 46.7 Å². The van der Waals surface area contributed by atoms with E-state index in [0.717, 1.165) is 19.2 Å². The fourth-order valence-corrected chi connectivity index (χ4v) is 3.61. The minimum Gasteiger partial charge on any atom is -0.487 e. The summed E-state index contributed by atoms with van der Waals surface area (Å²) < 4.78 is 70.2. The second kappa shape index (κ2) is 10.9. The number of halogens is 6. The highest BCUT2D eigenvalue weighted by atomic mass is 35.5. The molecule has 0 aliphatic carbocycles. The van der Waals surface area contributed by atoms with Gasteiger partial charge in [0.05, 0.1) is 17.8 Å². The second-order valence-corrected chi connectivity index (χ2v) is 8.42. The molecule has 1 unspecified atom stereocenters. The van der Waals surface area contributed by atoms with Gasteiger partial charge in [0.25, 0.3) is 5.56 Å². The first-order chi connectivity index (χ1) is 17.2. The summed E-state index contributed by atoms with van der Waals surface area (Å²) in [7, 11) is 2.00. The number of hydrogen-bond donors (Lipinski definition) is 0. The number of nitrogens with zero attached hydrogens (tertiary/aromatic N) is 2. The SMILES string of the molecule is COC(=O)C(C)Oc1ccc(Cl)c(COc2cc(-n3c(=O)cc(C(F)(F)F)n(C)c3=O)c(F)cc2Cl)c1. The maximum absolute atomic E-state index is 14.7. The van der Waals surface area contributed by atoms with E-state index in [0.29, 0.717) is 5.56 Å². The lowest BCUT2D eigenvalue weighted by Crippen LogP contribution is -2.41. The molecule has 3 rings (SSSR count). The molecule has 0 radical (unpaired) electrons. The normalized spacial score (nSPS) is 12.2. The van der Waals surface area contributed by atoms with E-state index in [1.54, 1.807) is 0 Å². The predicted molar refractivity (Wildman–Crippen MR) is 125 cm³/mol. The largest absolute Gasteiger partial charge is 0.487 e. The van der Waals surface area contributed by atoms with E-state index in [2.05, 4.69) is 4.74 Å². The third kappa shape index (κ3) is 6.08. The molecule has 0 spiro atoms. The molecule has 0 N–H and O–H groups in total. The van der Waals surface area contributed by atoms with Gasteiger partial charge >= 0.3 is 17.8 Å². The van der Waals surface area contributed by atoms with Gasteiger partial charge in [-0.25, -0.2) is 18.5 Å². The van der Waals surface area contributed by atoms with Crippen molar-refractivity contribution in [1.82, 2.24) is 9.13 Å². The lowest BCUT2D eigenvalue weighted by Gasteiger charge is -2.16. The van der Waals surface area contributed by atoms with Crippen LogP contribution in [0.25, 0.3) is 5.69 Å². The van der Waals surface area contributed by atoms with Crippen molar-refractivity contribution >= 4 is 29.2 Å². The zero-order valence-corrected chi connectivity index (χ0v) is 20.9. The molecule has 1 heterocycles. The molecule has 3 aromatic rings. The Morgan fingerprint density at radius 2 is 1.76 bits per heavy atom. The first-order valence-electron chi connectivity index (χ1n) is 10.3. The number of ether oxygens (including phenoxy) is 3. The molecule has 1 atom stereocenters. The average molecular weight is 565 g/mol. The number of alkyl halides is 3. The summed E-state index contributed by atoms with van der Waals surface area (Å²) in [6.45, 7) is 1.22. The maximum atomic E-state index is 14.7. The van der Waals surface area contributed by atoms with E-state index in [-0.39, 0.29) is 43.4 Å². The van der Waals surface area contributed by atoms with Crippen molar-refractivity contribution in [1.29, 1.82) is 0 Å². The highest BCUT2D eigenvalue weighted by Crippen LogP contribution is 2.32. The average Bonchev–Trinajstić information content (AvgIpc) is 2.82. The van der Waals surface area contributed by atoms with Crippen LogP contribution in [0.15, 0.2) is 46.0 Å². The van der Waals surface area contributed by atoms with Crippen LogP contribution in [0.2, 0.25) is 10.0 Å². The van der Waals surface area contributed by atoms with Gasteiger partial charge in [-0.05, 0) is 31.2 Å². The number of rotatable bonds is 7. The monoisotopic (exact) mass is 564 g/mol. The molecule has 0 fully saturated rings. The van der Waals surface area contributed by atoms with Gasteiger partial charge in [0.2, 0.25) is 0 Å².